The van der Waals surface area contributed by atoms with Crippen LogP contribution in [0.3, 0.4) is 0 Å². The number of hydrogen-bond acceptors (Lipinski definition) is 2. The van der Waals surface area contributed by atoms with E-state index >= 15 is 0 Å². The van der Waals surface area contributed by atoms with E-state index in [2.05, 4.69) is 11.2 Å². The van der Waals surface area contributed by atoms with E-state index < -0.39 is 0 Å². The minimum atomic E-state index is -0.382. The number of terminal acetylenes is 1. The molecule has 1 N–H and O–H groups in total. The van der Waals surface area contributed by atoms with Gasteiger partial charge in [-0.25, -0.2) is 4.39 Å². The number of aryl methyl sites for hydroxylation is 1. The van der Waals surface area contributed by atoms with Crippen molar-refractivity contribution >= 4 is 11.6 Å². The summed E-state index contributed by atoms with van der Waals surface area (Å²) in [5, 5.41) is 2.72. The minimum absolute atomic E-state index is 0.317. The van der Waals surface area contributed by atoms with Crippen molar-refractivity contribution in [2.75, 3.05) is 19.4 Å². The number of rotatable bonds is 4. The highest BCUT2D eigenvalue weighted by molar-refractivity contribution is 6.04. The Kier molecular flexibility index (Phi) is 5.15. The summed E-state index contributed by atoms with van der Waals surface area (Å²) in [5.41, 5.74) is 3.27. The largest absolute Gasteiger partial charge is 0.322 e. The van der Waals surface area contributed by atoms with Gasteiger partial charge in [0.1, 0.15) is 5.82 Å². The summed E-state index contributed by atoms with van der Waals surface area (Å²) in [7, 11) is 3.80. The molecule has 0 saturated carbocycles. The Bertz CT molecular complexity index is 775. The van der Waals surface area contributed by atoms with Crippen molar-refractivity contribution in [1.29, 1.82) is 0 Å². The first-order valence-electron chi connectivity index (χ1n) is 7.22. The second-order valence-corrected chi connectivity index (χ2v) is 5.71. The third kappa shape index (κ3) is 4.41. The maximum Gasteiger partial charge on any atom is 0.255 e. The van der Waals surface area contributed by atoms with E-state index in [9.17, 15) is 9.18 Å². The maximum atomic E-state index is 13.7. The number of hydrogen-bond donors (Lipinski definition) is 1. The van der Waals surface area contributed by atoms with Crippen LogP contribution in [0.2, 0.25) is 0 Å². The summed E-state index contributed by atoms with van der Waals surface area (Å²) in [6.07, 6.45) is 5.42. The third-order valence-electron chi connectivity index (χ3n) is 3.37. The molecule has 23 heavy (non-hydrogen) atoms. The van der Waals surface area contributed by atoms with Crippen molar-refractivity contribution < 1.29 is 9.18 Å². The zero-order valence-corrected chi connectivity index (χ0v) is 13.5. The smallest absolute Gasteiger partial charge is 0.255 e. The van der Waals surface area contributed by atoms with Crippen molar-refractivity contribution in [1.82, 2.24) is 4.90 Å². The first-order valence-corrected chi connectivity index (χ1v) is 7.22. The molecule has 0 aliphatic heterocycles. The van der Waals surface area contributed by atoms with Crippen LogP contribution in [0.15, 0.2) is 36.4 Å². The standard InChI is InChI=1S/C19H19FN2O/c1-5-15-10-16(7-6-13(15)2)19(23)21-18-9-14(12-22(3)4)8-17(20)11-18/h1,6-11H,12H2,2-4H3,(H,21,23). The van der Waals surface area contributed by atoms with Crippen molar-refractivity contribution in [3.05, 3.63) is 64.5 Å². The second-order valence-electron chi connectivity index (χ2n) is 5.71. The Hall–Kier alpha value is -2.64. The fourth-order valence-corrected chi connectivity index (χ4v) is 2.30. The molecule has 0 unspecified atom stereocenters. The SMILES string of the molecule is C#Cc1cc(C(=O)Nc2cc(F)cc(CN(C)C)c2)ccc1C. The molecule has 0 aliphatic rings. The first-order chi connectivity index (χ1) is 10.9. The highest BCUT2D eigenvalue weighted by Crippen LogP contribution is 2.17. The average molecular weight is 310 g/mol. The van der Waals surface area contributed by atoms with Gasteiger partial charge in [0.25, 0.3) is 5.91 Å². The van der Waals surface area contributed by atoms with Crippen molar-refractivity contribution in [2.24, 2.45) is 0 Å². The Morgan fingerprint density at radius 1 is 1.26 bits per heavy atom. The predicted molar refractivity (Wildman–Crippen MR) is 90.9 cm³/mol. The highest BCUT2D eigenvalue weighted by atomic mass is 19.1. The Morgan fingerprint density at radius 2 is 2.00 bits per heavy atom. The first kappa shape index (κ1) is 16.7. The quantitative estimate of drug-likeness (QED) is 0.878. The number of halogens is 1. The highest BCUT2D eigenvalue weighted by Gasteiger charge is 2.10. The average Bonchev–Trinajstić information content (AvgIpc) is 2.46. The van der Waals surface area contributed by atoms with E-state index in [1.807, 2.05) is 25.9 Å². The third-order valence-corrected chi connectivity index (χ3v) is 3.37. The molecule has 2 aromatic rings. The van der Waals surface area contributed by atoms with Crippen LogP contribution < -0.4 is 5.32 Å². The molecule has 3 nitrogen and oxygen atoms in total. The number of carbonyl (C=O) groups is 1. The molecule has 2 aromatic carbocycles. The van der Waals surface area contributed by atoms with Crippen molar-refractivity contribution in [2.45, 2.75) is 13.5 Å². The molecule has 118 valence electrons. The van der Waals surface area contributed by atoms with Gasteiger partial charge in [0.2, 0.25) is 0 Å². The number of anilines is 1. The van der Waals surface area contributed by atoms with Gasteiger partial charge in [0, 0.05) is 23.4 Å². The molecular weight excluding hydrogens is 291 g/mol. The van der Waals surface area contributed by atoms with Crippen LogP contribution >= 0.6 is 0 Å². The van der Waals surface area contributed by atoms with E-state index in [4.69, 9.17) is 6.42 Å². The Morgan fingerprint density at radius 3 is 2.65 bits per heavy atom. The predicted octanol–water partition coefficient (Wildman–Crippen LogP) is 3.43. The van der Waals surface area contributed by atoms with Crippen LogP contribution in [0.5, 0.6) is 0 Å². The molecular formula is C19H19FN2O. The molecule has 4 heteroatoms. The molecule has 2 rings (SSSR count). The van der Waals surface area contributed by atoms with Gasteiger partial charge in [-0.05, 0) is 62.5 Å². The number of nitrogens with zero attached hydrogens (tertiary/aromatic N) is 1. The number of amides is 1. The van der Waals surface area contributed by atoms with E-state index in [0.29, 0.717) is 23.4 Å². The molecule has 0 atom stereocenters. The number of benzene rings is 2. The fraction of sp³-hybridized carbons (Fsp3) is 0.211. The van der Waals surface area contributed by atoms with Crippen LogP contribution in [0.25, 0.3) is 0 Å². The second kappa shape index (κ2) is 7.08. The lowest BCUT2D eigenvalue weighted by Gasteiger charge is -2.12. The topological polar surface area (TPSA) is 32.3 Å². The Balaban J connectivity index is 2.23. The summed E-state index contributed by atoms with van der Waals surface area (Å²) in [5.74, 6) is 1.85. The molecule has 0 aliphatic carbocycles. The summed E-state index contributed by atoms with van der Waals surface area (Å²) >= 11 is 0. The van der Waals surface area contributed by atoms with Gasteiger partial charge in [0.05, 0.1) is 0 Å². The molecule has 0 spiro atoms. The summed E-state index contributed by atoms with van der Waals surface area (Å²) < 4.78 is 13.7. The van der Waals surface area contributed by atoms with E-state index in [1.165, 1.54) is 12.1 Å². The normalized spacial score (nSPS) is 10.4. The minimum Gasteiger partial charge on any atom is -0.322 e. The summed E-state index contributed by atoms with van der Waals surface area (Å²) in [6.45, 7) is 2.48. The van der Waals surface area contributed by atoms with Crippen LogP contribution in [-0.4, -0.2) is 24.9 Å². The van der Waals surface area contributed by atoms with E-state index in [1.54, 1.807) is 24.3 Å². The number of nitrogens with one attached hydrogen (secondary N) is 1. The lowest BCUT2D eigenvalue weighted by atomic mass is 10.0. The Labute approximate surface area is 136 Å². The summed E-state index contributed by atoms with van der Waals surface area (Å²) in [6, 6.07) is 9.67. The van der Waals surface area contributed by atoms with Gasteiger partial charge in [-0.3, -0.25) is 4.79 Å². The number of carbonyl (C=O) groups excluding carboxylic acids is 1. The van der Waals surface area contributed by atoms with Crippen molar-refractivity contribution in [3.63, 3.8) is 0 Å². The molecule has 0 bridgehead atoms. The zero-order valence-electron chi connectivity index (χ0n) is 13.5. The molecule has 0 radical (unpaired) electrons. The summed E-state index contributed by atoms with van der Waals surface area (Å²) in [4.78, 5) is 14.3. The monoisotopic (exact) mass is 310 g/mol. The maximum absolute atomic E-state index is 13.7. The van der Waals surface area contributed by atoms with Gasteiger partial charge in [-0.15, -0.1) is 6.42 Å². The van der Waals surface area contributed by atoms with Crippen molar-refractivity contribution in [3.8, 4) is 12.3 Å². The van der Waals surface area contributed by atoms with Crippen LogP contribution in [0.4, 0.5) is 10.1 Å². The molecule has 0 heterocycles. The van der Waals surface area contributed by atoms with Crippen LogP contribution in [0, 0.1) is 25.1 Å². The lowest BCUT2D eigenvalue weighted by Crippen LogP contribution is -2.14. The van der Waals surface area contributed by atoms with Gasteiger partial charge in [-0.2, -0.15) is 0 Å². The lowest BCUT2D eigenvalue weighted by molar-refractivity contribution is 0.102. The van der Waals surface area contributed by atoms with Crippen LogP contribution in [0.1, 0.15) is 27.0 Å². The fourth-order valence-electron chi connectivity index (χ4n) is 2.30. The van der Waals surface area contributed by atoms with E-state index in [0.717, 1.165) is 11.1 Å². The van der Waals surface area contributed by atoms with Gasteiger partial charge < -0.3 is 10.2 Å². The van der Waals surface area contributed by atoms with Gasteiger partial charge >= 0.3 is 0 Å². The zero-order chi connectivity index (χ0) is 17.0. The van der Waals surface area contributed by atoms with Crippen LogP contribution in [-0.2, 0) is 6.54 Å². The van der Waals surface area contributed by atoms with Gasteiger partial charge in [-0.1, -0.05) is 12.0 Å². The van der Waals surface area contributed by atoms with Gasteiger partial charge in [0.15, 0.2) is 0 Å². The molecule has 0 saturated heterocycles. The van der Waals surface area contributed by atoms with E-state index in [-0.39, 0.29) is 11.7 Å². The molecule has 0 fully saturated rings. The molecule has 1 amide bonds. The molecule has 0 aromatic heterocycles.